The summed E-state index contributed by atoms with van der Waals surface area (Å²) in [6.07, 6.45) is 2.32. The van der Waals surface area contributed by atoms with Crippen LogP contribution in [-0.2, 0) is 4.43 Å². The van der Waals surface area contributed by atoms with E-state index in [0.717, 1.165) is 0 Å². The molecule has 106 valence electrons. The minimum atomic E-state index is -1.53. The molecule has 0 aliphatic heterocycles. The van der Waals surface area contributed by atoms with Gasteiger partial charge in [-0.3, -0.25) is 0 Å². The summed E-state index contributed by atoms with van der Waals surface area (Å²) in [5.74, 6) is 0. The number of rotatable bonds is 5. The molecular formula is C15H28OSi3. The smallest absolute Gasteiger partial charge is 0.171 e. The minimum Gasteiger partial charge on any atom is -0.423 e. The molecule has 0 N–H and O–H groups in total. The summed E-state index contributed by atoms with van der Waals surface area (Å²) in [5.41, 5.74) is 3.84. The van der Waals surface area contributed by atoms with Crippen molar-refractivity contribution in [3.63, 3.8) is 0 Å². The first-order chi connectivity index (χ1) is 8.64. The van der Waals surface area contributed by atoms with Gasteiger partial charge in [0.15, 0.2) is 7.83 Å². The first kappa shape index (κ1) is 16.6. The lowest BCUT2D eigenvalue weighted by Crippen LogP contribution is -2.70. The summed E-state index contributed by atoms with van der Waals surface area (Å²) in [5, 5.41) is 0. The average Bonchev–Trinajstić information content (AvgIpc) is 2.37. The summed E-state index contributed by atoms with van der Waals surface area (Å²) in [6, 6.07) is 10.6. The summed E-state index contributed by atoms with van der Waals surface area (Å²) in [4.78, 5) is 0. The third kappa shape index (κ3) is 3.56. The molecule has 0 aromatic heterocycles. The Labute approximate surface area is 121 Å². The molecule has 0 atom stereocenters. The van der Waals surface area contributed by atoms with Crippen LogP contribution in [0.1, 0.15) is 5.56 Å². The lowest BCUT2D eigenvalue weighted by Gasteiger charge is -2.45. The molecule has 4 heteroatoms. The number of hydrogen-bond acceptors (Lipinski definition) is 1. The summed E-state index contributed by atoms with van der Waals surface area (Å²) >= 11 is 0. The Morgan fingerprint density at radius 2 is 1.42 bits per heavy atom. The number of benzene rings is 1. The molecule has 0 aliphatic carbocycles. The maximum atomic E-state index is 5.94. The molecule has 0 spiro atoms. The number of hydrogen-bond donors (Lipinski definition) is 0. The molecule has 0 bridgehead atoms. The summed E-state index contributed by atoms with van der Waals surface area (Å²) < 4.78 is 5.94. The van der Waals surface area contributed by atoms with E-state index in [-0.39, 0.29) is 0 Å². The van der Waals surface area contributed by atoms with Gasteiger partial charge >= 0.3 is 0 Å². The molecule has 1 nitrogen and oxygen atoms in total. The molecule has 19 heavy (non-hydrogen) atoms. The average molecular weight is 309 g/mol. The zero-order chi connectivity index (χ0) is 14.7. The van der Waals surface area contributed by atoms with Gasteiger partial charge in [0.25, 0.3) is 0 Å². The summed E-state index contributed by atoms with van der Waals surface area (Å²) in [7, 11) is -2.34. The van der Waals surface area contributed by atoms with E-state index in [9.17, 15) is 0 Å². The van der Waals surface area contributed by atoms with Gasteiger partial charge in [-0.2, -0.15) is 0 Å². The maximum Gasteiger partial charge on any atom is 0.171 e. The van der Waals surface area contributed by atoms with Crippen LogP contribution in [0.25, 0.3) is 6.08 Å². The molecule has 1 rings (SSSR count). The van der Waals surface area contributed by atoms with Gasteiger partial charge in [0.1, 0.15) is 0 Å². The highest BCUT2D eigenvalue weighted by Crippen LogP contribution is 2.30. The molecule has 0 unspecified atom stereocenters. The Hall–Kier alpha value is -0.429. The SMILES string of the molecule is CO[Si](C)(C)[Si](C)(C)[Si](C)(C)/C=C/c1ccccc1. The van der Waals surface area contributed by atoms with E-state index in [4.69, 9.17) is 4.43 Å². The second kappa shape index (κ2) is 5.91. The first-order valence-electron chi connectivity index (χ1n) is 6.93. The highest BCUT2D eigenvalue weighted by atomic mass is 29.6. The third-order valence-electron chi connectivity index (χ3n) is 5.12. The zero-order valence-electron chi connectivity index (χ0n) is 13.4. The Bertz CT molecular complexity index is 436. The van der Waals surface area contributed by atoms with Crippen molar-refractivity contribution in [2.75, 3.05) is 7.11 Å². The predicted molar refractivity (Wildman–Crippen MR) is 94.9 cm³/mol. The van der Waals surface area contributed by atoms with Gasteiger partial charge in [-0.1, -0.05) is 68.3 Å². The van der Waals surface area contributed by atoms with E-state index in [1.165, 1.54) is 5.56 Å². The molecule has 0 aliphatic rings. The zero-order valence-corrected chi connectivity index (χ0v) is 16.4. The van der Waals surface area contributed by atoms with Crippen molar-refractivity contribution in [3.8, 4) is 0 Å². The molecule has 1 aromatic carbocycles. The monoisotopic (exact) mass is 308 g/mol. The van der Waals surface area contributed by atoms with Crippen LogP contribution in [0.15, 0.2) is 36.0 Å². The Morgan fingerprint density at radius 1 is 0.895 bits per heavy atom. The predicted octanol–water partition coefficient (Wildman–Crippen LogP) is 4.66. The highest BCUT2D eigenvalue weighted by molar-refractivity contribution is 7.68. The van der Waals surface area contributed by atoms with Crippen molar-refractivity contribution in [2.24, 2.45) is 0 Å². The molecule has 0 saturated heterocycles. The van der Waals surface area contributed by atoms with Gasteiger partial charge in [-0.15, -0.1) is 0 Å². The van der Waals surface area contributed by atoms with Crippen molar-refractivity contribution in [2.45, 2.75) is 39.3 Å². The molecule has 0 radical (unpaired) electrons. The summed E-state index contributed by atoms with van der Waals surface area (Å²) in [6.45, 7) is 14.9. The minimum absolute atomic E-state index is 1.31. The van der Waals surface area contributed by atoms with Gasteiger partial charge in [-0.05, 0) is 18.7 Å². The second-order valence-electron chi connectivity index (χ2n) is 6.81. The molecule has 0 fully saturated rings. The van der Waals surface area contributed by atoms with Crippen LogP contribution in [0.4, 0.5) is 0 Å². The van der Waals surface area contributed by atoms with Gasteiger partial charge < -0.3 is 4.43 Å². The van der Waals surface area contributed by atoms with Crippen molar-refractivity contribution in [3.05, 3.63) is 41.6 Å². The van der Waals surface area contributed by atoms with E-state index >= 15 is 0 Å². The Balaban J connectivity index is 3.01. The lowest BCUT2D eigenvalue weighted by molar-refractivity contribution is 0.420. The Morgan fingerprint density at radius 3 is 1.89 bits per heavy atom. The van der Waals surface area contributed by atoms with Crippen LogP contribution in [0.5, 0.6) is 0 Å². The van der Waals surface area contributed by atoms with Gasteiger partial charge in [0.05, 0.1) is 14.7 Å². The van der Waals surface area contributed by atoms with Gasteiger partial charge in [-0.25, -0.2) is 0 Å². The first-order valence-corrected chi connectivity index (χ1v) is 17.9. The normalized spacial score (nSPS) is 14.1. The van der Waals surface area contributed by atoms with Crippen molar-refractivity contribution < 1.29 is 4.43 Å². The molecular weight excluding hydrogens is 280 g/mol. The fourth-order valence-corrected chi connectivity index (χ4v) is 28.5. The lowest BCUT2D eigenvalue weighted by atomic mass is 10.2. The van der Waals surface area contributed by atoms with E-state index in [1.807, 2.05) is 7.11 Å². The molecule has 0 heterocycles. The molecule has 0 saturated carbocycles. The van der Waals surface area contributed by atoms with Gasteiger partial charge in [0.2, 0.25) is 0 Å². The van der Waals surface area contributed by atoms with E-state index in [0.29, 0.717) is 0 Å². The van der Waals surface area contributed by atoms with Crippen LogP contribution in [-0.4, -0.2) is 29.6 Å². The maximum absolute atomic E-state index is 5.94. The second-order valence-corrected chi connectivity index (χ2v) is 33.7. The van der Waals surface area contributed by atoms with E-state index in [2.05, 4.69) is 81.4 Å². The van der Waals surface area contributed by atoms with Crippen molar-refractivity contribution >= 4 is 28.6 Å². The van der Waals surface area contributed by atoms with Crippen molar-refractivity contribution in [1.82, 2.24) is 0 Å². The topological polar surface area (TPSA) is 9.23 Å². The standard InChI is InChI=1S/C15H28OSi3/c1-16-18(4,5)19(6,7)17(2,3)14-13-15-11-9-8-10-12-15/h8-14H,1-7H3/b14-13+. The van der Waals surface area contributed by atoms with Crippen molar-refractivity contribution in [1.29, 1.82) is 0 Å². The fourth-order valence-electron chi connectivity index (χ4n) is 2.11. The van der Waals surface area contributed by atoms with Crippen LogP contribution >= 0.6 is 0 Å². The van der Waals surface area contributed by atoms with Gasteiger partial charge in [0, 0.05) is 7.11 Å². The quantitative estimate of drug-likeness (QED) is 0.719. The molecule has 1 aromatic rings. The molecule has 0 amide bonds. The highest BCUT2D eigenvalue weighted by Gasteiger charge is 2.52. The van der Waals surface area contributed by atoms with Crippen LogP contribution < -0.4 is 0 Å². The van der Waals surface area contributed by atoms with Crippen LogP contribution in [0, 0.1) is 0 Å². The van der Waals surface area contributed by atoms with Crippen LogP contribution in [0.2, 0.25) is 39.3 Å². The van der Waals surface area contributed by atoms with E-state index < -0.39 is 22.5 Å². The van der Waals surface area contributed by atoms with Crippen LogP contribution in [0.3, 0.4) is 0 Å². The van der Waals surface area contributed by atoms with E-state index in [1.54, 1.807) is 0 Å². The largest absolute Gasteiger partial charge is 0.423 e. The third-order valence-corrected chi connectivity index (χ3v) is 44.4. The Kier molecular flexibility index (Phi) is 5.17. The fraction of sp³-hybridized carbons (Fsp3) is 0.467.